The first-order valence-corrected chi connectivity index (χ1v) is 9.80. The van der Waals surface area contributed by atoms with E-state index in [1.165, 1.54) is 18.1 Å². The van der Waals surface area contributed by atoms with Crippen molar-refractivity contribution in [3.63, 3.8) is 0 Å². The van der Waals surface area contributed by atoms with Crippen LogP contribution in [0.25, 0.3) is 0 Å². The Morgan fingerprint density at radius 2 is 1.93 bits per heavy atom. The van der Waals surface area contributed by atoms with Gasteiger partial charge in [-0.3, -0.25) is 4.79 Å². The van der Waals surface area contributed by atoms with Gasteiger partial charge in [0.1, 0.15) is 6.10 Å². The molecule has 4 heteroatoms. The van der Waals surface area contributed by atoms with E-state index in [9.17, 15) is 9.59 Å². The number of carboxylic acid groups (broad SMARTS) is 1. The van der Waals surface area contributed by atoms with E-state index in [4.69, 9.17) is 9.84 Å². The van der Waals surface area contributed by atoms with Crippen molar-refractivity contribution in [3.05, 3.63) is 47.6 Å². The van der Waals surface area contributed by atoms with E-state index in [1.54, 1.807) is 6.08 Å². The molecule has 0 bridgehead atoms. The summed E-state index contributed by atoms with van der Waals surface area (Å²) in [5.74, 6) is 0.741. The third kappa shape index (κ3) is 5.21. The van der Waals surface area contributed by atoms with Gasteiger partial charge in [0.25, 0.3) is 0 Å². The summed E-state index contributed by atoms with van der Waals surface area (Å²) >= 11 is 0. The van der Waals surface area contributed by atoms with Gasteiger partial charge in [-0.25, -0.2) is 4.79 Å². The fourth-order valence-electron chi connectivity index (χ4n) is 5.10. The molecule has 0 spiro atoms. The second-order valence-electron chi connectivity index (χ2n) is 8.00. The highest BCUT2D eigenvalue weighted by atomic mass is 16.5. The molecule has 0 saturated heterocycles. The number of hydrogen-bond donors (Lipinski definition) is 1. The minimum atomic E-state index is -0.936. The van der Waals surface area contributed by atoms with E-state index >= 15 is 0 Å². The molecule has 2 aliphatic rings. The van der Waals surface area contributed by atoms with Gasteiger partial charge >= 0.3 is 11.9 Å². The van der Waals surface area contributed by atoms with Crippen molar-refractivity contribution in [1.29, 1.82) is 0 Å². The molecule has 1 saturated carbocycles. The maximum atomic E-state index is 11.4. The Morgan fingerprint density at radius 3 is 2.52 bits per heavy atom. The van der Waals surface area contributed by atoms with Crippen LogP contribution in [0.1, 0.15) is 47.5 Å². The van der Waals surface area contributed by atoms with Gasteiger partial charge in [0.05, 0.1) is 0 Å². The number of carboxylic acids is 1. The number of ether oxygens (including phenoxy) is 1. The summed E-state index contributed by atoms with van der Waals surface area (Å²) in [4.78, 5) is 22.2. The van der Waals surface area contributed by atoms with Crippen LogP contribution in [0.4, 0.5) is 0 Å². The molecule has 27 heavy (non-hydrogen) atoms. The van der Waals surface area contributed by atoms with Crippen LogP contribution in [-0.4, -0.2) is 23.1 Å². The van der Waals surface area contributed by atoms with Crippen molar-refractivity contribution < 1.29 is 19.4 Å². The van der Waals surface area contributed by atoms with E-state index in [2.05, 4.69) is 45.9 Å². The molecule has 2 aliphatic carbocycles. The largest absolute Gasteiger partial charge is 0.478 e. The maximum absolute atomic E-state index is 11.4. The van der Waals surface area contributed by atoms with Crippen LogP contribution in [0.2, 0.25) is 0 Å². The molecular weight excluding hydrogens is 340 g/mol. The van der Waals surface area contributed by atoms with Crippen LogP contribution in [0, 0.1) is 29.6 Å². The highest BCUT2D eigenvalue weighted by Gasteiger charge is 2.45. The Hall–Kier alpha value is -2.10. The minimum absolute atomic E-state index is 0.0151. The van der Waals surface area contributed by atoms with E-state index < -0.39 is 5.97 Å². The van der Waals surface area contributed by atoms with Crippen LogP contribution in [0.3, 0.4) is 0 Å². The van der Waals surface area contributed by atoms with Gasteiger partial charge in [-0.15, -0.1) is 0 Å². The zero-order valence-electron chi connectivity index (χ0n) is 17.0. The number of aliphatic carboxylic acids is 1. The predicted octanol–water partition coefficient (Wildman–Crippen LogP) is 4.94. The molecule has 0 aliphatic heterocycles. The molecule has 4 nitrogen and oxygen atoms in total. The number of esters is 1. The van der Waals surface area contributed by atoms with E-state index in [1.807, 2.05) is 6.08 Å². The number of carbonyl (C=O) groups excluding carboxylic acids is 1. The SMILES string of the molecule is C/C=C(\C)[C@@H]1C(C)=C[C@@H]2C[C@@H](OC(C)=O)C[C@H](C)[C@H]2[C@@H]1/C=C/C=C/C(=O)O. The maximum Gasteiger partial charge on any atom is 0.328 e. The molecule has 0 aromatic rings. The molecule has 0 radical (unpaired) electrons. The molecule has 1 fully saturated rings. The van der Waals surface area contributed by atoms with Crippen LogP contribution < -0.4 is 0 Å². The Morgan fingerprint density at radius 1 is 1.22 bits per heavy atom. The fourth-order valence-corrected chi connectivity index (χ4v) is 5.10. The third-order valence-electron chi connectivity index (χ3n) is 6.08. The van der Waals surface area contributed by atoms with Gasteiger partial charge < -0.3 is 9.84 Å². The lowest BCUT2D eigenvalue weighted by Gasteiger charge is -2.48. The second-order valence-corrected chi connectivity index (χ2v) is 8.00. The fraction of sp³-hybridized carbons (Fsp3) is 0.565. The molecule has 1 N–H and O–H groups in total. The highest BCUT2D eigenvalue weighted by molar-refractivity contribution is 5.80. The van der Waals surface area contributed by atoms with Crippen molar-refractivity contribution >= 4 is 11.9 Å². The topological polar surface area (TPSA) is 63.6 Å². The lowest BCUT2D eigenvalue weighted by atomic mass is 9.57. The molecule has 0 heterocycles. The zero-order chi connectivity index (χ0) is 20.1. The number of rotatable bonds is 5. The minimum Gasteiger partial charge on any atom is -0.478 e. The van der Waals surface area contributed by atoms with Crippen molar-refractivity contribution in [2.75, 3.05) is 0 Å². The van der Waals surface area contributed by atoms with Gasteiger partial charge in [0.2, 0.25) is 0 Å². The first kappa shape index (κ1) is 21.2. The number of carbonyl (C=O) groups is 2. The normalized spacial score (nSPS) is 34.4. The van der Waals surface area contributed by atoms with Crippen molar-refractivity contribution in [2.45, 2.75) is 53.6 Å². The van der Waals surface area contributed by atoms with Gasteiger partial charge in [0, 0.05) is 18.9 Å². The Bertz CT molecular complexity index is 682. The summed E-state index contributed by atoms with van der Waals surface area (Å²) in [6, 6.07) is 0. The lowest BCUT2D eigenvalue weighted by Crippen LogP contribution is -2.43. The van der Waals surface area contributed by atoms with Crippen LogP contribution in [0.15, 0.2) is 47.6 Å². The molecule has 0 amide bonds. The molecule has 0 unspecified atom stereocenters. The number of hydrogen-bond acceptors (Lipinski definition) is 3. The summed E-state index contributed by atoms with van der Waals surface area (Å²) in [6.07, 6.45) is 13.1. The monoisotopic (exact) mass is 372 g/mol. The summed E-state index contributed by atoms with van der Waals surface area (Å²) < 4.78 is 5.53. The second kappa shape index (κ2) is 9.20. The van der Waals surface area contributed by atoms with Crippen molar-refractivity contribution in [3.8, 4) is 0 Å². The molecular formula is C23H32O4. The number of fused-ring (bicyclic) bond motifs is 1. The average Bonchev–Trinajstić information content (AvgIpc) is 2.56. The smallest absolute Gasteiger partial charge is 0.328 e. The highest BCUT2D eigenvalue weighted by Crippen LogP contribution is 2.51. The first-order valence-electron chi connectivity index (χ1n) is 9.80. The van der Waals surface area contributed by atoms with E-state index in [0.29, 0.717) is 29.6 Å². The molecule has 0 aromatic carbocycles. The Balaban J connectivity index is 2.36. The summed E-state index contributed by atoms with van der Waals surface area (Å²) in [6.45, 7) is 10.1. The van der Waals surface area contributed by atoms with E-state index in [0.717, 1.165) is 18.9 Å². The van der Waals surface area contributed by atoms with Gasteiger partial charge in [-0.1, -0.05) is 48.5 Å². The Labute approximate surface area is 162 Å². The molecule has 6 atom stereocenters. The van der Waals surface area contributed by atoms with Crippen LogP contribution in [-0.2, 0) is 14.3 Å². The van der Waals surface area contributed by atoms with Gasteiger partial charge in [-0.2, -0.15) is 0 Å². The summed E-state index contributed by atoms with van der Waals surface area (Å²) in [5, 5.41) is 8.82. The lowest BCUT2D eigenvalue weighted by molar-refractivity contribution is -0.150. The van der Waals surface area contributed by atoms with Crippen molar-refractivity contribution in [2.24, 2.45) is 29.6 Å². The van der Waals surface area contributed by atoms with Crippen molar-refractivity contribution in [1.82, 2.24) is 0 Å². The van der Waals surface area contributed by atoms with Gasteiger partial charge in [0.15, 0.2) is 0 Å². The van der Waals surface area contributed by atoms with Crippen LogP contribution >= 0.6 is 0 Å². The van der Waals surface area contributed by atoms with Gasteiger partial charge in [-0.05, 0) is 57.3 Å². The standard InChI is InChI=1S/C23H32O4/c1-6-14(2)22-15(3)11-18-13-19(27-17(5)24)12-16(4)23(18)20(22)9-7-8-10-21(25)26/h6-11,16,18-20,22-23H,12-13H2,1-5H3,(H,25,26)/b9-7+,10-8+,14-6+/t16-,18+,19-,20+,22+,23+/m0/s1. The summed E-state index contributed by atoms with van der Waals surface area (Å²) in [7, 11) is 0. The molecule has 0 aromatic heterocycles. The average molecular weight is 373 g/mol. The van der Waals surface area contributed by atoms with E-state index in [-0.39, 0.29) is 12.1 Å². The summed E-state index contributed by atoms with van der Waals surface area (Å²) in [5.41, 5.74) is 2.69. The Kier molecular flexibility index (Phi) is 7.23. The third-order valence-corrected chi connectivity index (χ3v) is 6.08. The zero-order valence-corrected chi connectivity index (χ0v) is 17.0. The van der Waals surface area contributed by atoms with Crippen LogP contribution in [0.5, 0.6) is 0 Å². The first-order chi connectivity index (χ1) is 12.7. The quantitative estimate of drug-likeness (QED) is 0.321. The molecule has 148 valence electrons. The number of allylic oxidation sites excluding steroid dienone is 7. The molecule has 2 rings (SSSR count). The predicted molar refractivity (Wildman–Crippen MR) is 107 cm³/mol.